The van der Waals surface area contributed by atoms with Crippen LogP contribution in [0.25, 0.3) is 0 Å². The topological polar surface area (TPSA) is 35.5 Å². The number of carbonyl (C=O) groups excluding carboxylic acids is 1. The molecule has 2 aliphatic carbocycles. The molecule has 0 aromatic carbocycles. The van der Waals surface area contributed by atoms with Crippen molar-refractivity contribution in [1.29, 1.82) is 0 Å². The van der Waals surface area contributed by atoms with E-state index in [0.717, 1.165) is 30.8 Å². The normalized spacial score (nSPS) is 49.3. The fourth-order valence-electron chi connectivity index (χ4n) is 5.01. The van der Waals surface area contributed by atoms with Gasteiger partial charge in [0.25, 0.3) is 0 Å². The highest BCUT2D eigenvalue weighted by molar-refractivity contribution is 5.73. The van der Waals surface area contributed by atoms with E-state index in [1.54, 1.807) is 0 Å². The van der Waals surface area contributed by atoms with Crippen molar-refractivity contribution in [2.75, 3.05) is 13.7 Å². The number of ether oxygens (including phenoxy) is 2. The largest absolute Gasteiger partial charge is 0.469 e. The maximum Gasteiger partial charge on any atom is 0.311 e. The SMILES string of the molecule is COC(=O)[C@H]1CC[C@H]2[C@H]3[C@H](CC[C@H]2C)[C@@H](C)CO[C@@H]31. The summed E-state index contributed by atoms with van der Waals surface area (Å²) in [5, 5.41) is 0. The maximum atomic E-state index is 12.0. The van der Waals surface area contributed by atoms with E-state index >= 15 is 0 Å². The molecular formula is C16H26O3. The zero-order chi connectivity index (χ0) is 13.6. The average Bonchev–Trinajstić information content (AvgIpc) is 2.43. The highest BCUT2D eigenvalue weighted by Gasteiger charge is 2.53. The maximum absolute atomic E-state index is 12.0. The molecule has 19 heavy (non-hydrogen) atoms. The molecular weight excluding hydrogens is 240 g/mol. The number of hydrogen-bond donors (Lipinski definition) is 0. The zero-order valence-electron chi connectivity index (χ0n) is 12.3. The lowest BCUT2D eigenvalue weighted by atomic mass is 9.55. The van der Waals surface area contributed by atoms with Crippen LogP contribution in [0.2, 0.25) is 0 Å². The Kier molecular flexibility index (Phi) is 3.59. The van der Waals surface area contributed by atoms with Crippen molar-refractivity contribution in [3.8, 4) is 0 Å². The third-order valence-corrected chi connectivity index (χ3v) is 6.05. The van der Waals surface area contributed by atoms with Crippen LogP contribution in [0.15, 0.2) is 0 Å². The molecule has 1 heterocycles. The second-order valence-electron chi connectivity index (χ2n) is 6.94. The van der Waals surface area contributed by atoms with Crippen LogP contribution in [0, 0.1) is 35.5 Å². The molecule has 0 spiro atoms. The monoisotopic (exact) mass is 266 g/mol. The molecule has 1 aliphatic heterocycles. The van der Waals surface area contributed by atoms with E-state index in [1.165, 1.54) is 26.4 Å². The molecule has 3 aliphatic rings. The van der Waals surface area contributed by atoms with Crippen LogP contribution in [0.3, 0.4) is 0 Å². The van der Waals surface area contributed by atoms with Crippen molar-refractivity contribution < 1.29 is 14.3 Å². The summed E-state index contributed by atoms with van der Waals surface area (Å²) in [5.41, 5.74) is 0. The number of rotatable bonds is 1. The van der Waals surface area contributed by atoms with Gasteiger partial charge in [0.1, 0.15) is 0 Å². The standard InChI is InChI=1S/C16H26O3/c1-9-4-5-12-10(2)8-19-15-13(16(17)18-3)7-6-11(9)14(12)15/h9-15H,4-8H2,1-3H3/t9-,10+,11-,12-,13+,14+,15-/m1/s1. The van der Waals surface area contributed by atoms with E-state index in [2.05, 4.69) is 13.8 Å². The fraction of sp³-hybridized carbons (Fsp3) is 0.938. The van der Waals surface area contributed by atoms with Crippen molar-refractivity contribution in [3.63, 3.8) is 0 Å². The summed E-state index contributed by atoms with van der Waals surface area (Å²) in [6, 6.07) is 0. The minimum absolute atomic E-state index is 0.0217. The molecule has 1 saturated heterocycles. The average molecular weight is 266 g/mol. The van der Waals surface area contributed by atoms with Crippen LogP contribution in [0.1, 0.15) is 39.5 Å². The minimum atomic E-state index is -0.0602. The number of hydrogen-bond acceptors (Lipinski definition) is 3. The Morgan fingerprint density at radius 3 is 2.47 bits per heavy atom. The van der Waals surface area contributed by atoms with E-state index in [4.69, 9.17) is 9.47 Å². The van der Waals surface area contributed by atoms with E-state index in [0.29, 0.717) is 11.8 Å². The Morgan fingerprint density at radius 2 is 1.74 bits per heavy atom. The molecule has 108 valence electrons. The van der Waals surface area contributed by atoms with Crippen LogP contribution >= 0.6 is 0 Å². The molecule has 3 fully saturated rings. The second kappa shape index (κ2) is 5.08. The van der Waals surface area contributed by atoms with Crippen molar-refractivity contribution in [3.05, 3.63) is 0 Å². The highest BCUT2D eigenvalue weighted by Crippen LogP contribution is 2.53. The lowest BCUT2D eigenvalue weighted by molar-refractivity contribution is -0.189. The summed E-state index contributed by atoms with van der Waals surface area (Å²) in [4.78, 5) is 12.0. The van der Waals surface area contributed by atoms with Crippen LogP contribution < -0.4 is 0 Å². The number of esters is 1. The fourth-order valence-corrected chi connectivity index (χ4v) is 5.01. The molecule has 0 aromatic heterocycles. The van der Waals surface area contributed by atoms with Crippen LogP contribution in [0.4, 0.5) is 0 Å². The molecule has 0 amide bonds. The second-order valence-corrected chi connectivity index (χ2v) is 6.94. The van der Waals surface area contributed by atoms with Gasteiger partial charge in [-0.25, -0.2) is 0 Å². The van der Waals surface area contributed by atoms with Crippen molar-refractivity contribution >= 4 is 5.97 Å². The summed E-state index contributed by atoms with van der Waals surface area (Å²) in [7, 11) is 1.50. The molecule has 3 heteroatoms. The summed E-state index contributed by atoms with van der Waals surface area (Å²) in [5.74, 6) is 3.45. The molecule has 0 N–H and O–H groups in total. The first-order chi connectivity index (χ1) is 9.13. The zero-order valence-corrected chi connectivity index (χ0v) is 12.3. The summed E-state index contributed by atoms with van der Waals surface area (Å²) >= 11 is 0. The molecule has 0 bridgehead atoms. The molecule has 3 nitrogen and oxygen atoms in total. The van der Waals surface area contributed by atoms with Gasteiger partial charge in [0, 0.05) is 6.61 Å². The van der Waals surface area contributed by atoms with E-state index in [-0.39, 0.29) is 18.0 Å². The van der Waals surface area contributed by atoms with Crippen LogP contribution in [-0.2, 0) is 14.3 Å². The number of carbonyl (C=O) groups is 1. The Bertz CT molecular complexity index is 348. The first-order valence-corrected chi connectivity index (χ1v) is 7.83. The Morgan fingerprint density at radius 1 is 1.05 bits per heavy atom. The lowest BCUT2D eigenvalue weighted by Crippen LogP contribution is -2.55. The van der Waals surface area contributed by atoms with Crippen molar-refractivity contribution in [2.45, 2.75) is 45.6 Å². The van der Waals surface area contributed by atoms with Gasteiger partial charge in [0.2, 0.25) is 0 Å². The van der Waals surface area contributed by atoms with Crippen molar-refractivity contribution in [1.82, 2.24) is 0 Å². The van der Waals surface area contributed by atoms with Gasteiger partial charge in [-0.3, -0.25) is 4.79 Å². The molecule has 0 aromatic rings. The quantitative estimate of drug-likeness (QED) is 0.685. The Balaban J connectivity index is 1.87. The molecule has 7 atom stereocenters. The van der Waals surface area contributed by atoms with Crippen molar-refractivity contribution in [2.24, 2.45) is 35.5 Å². The lowest BCUT2D eigenvalue weighted by Gasteiger charge is -2.55. The third-order valence-electron chi connectivity index (χ3n) is 6.05. The third kappa shape index (κ3) is 2.10. The van der Waals surface area contributed by atoms with E-state index in [9.17, 15) is 4.79 Å². The smallest absolute Gasteiger partial charge is 0.311 e. The van der Waals surface area contributed by atoms with Gasteiger partial charge < -0.3 is 9.47 Å². The van der Waals surface area contributed by atoms with Gasteiger partial charge in [-0.15, -0.1) is 0 Å². The predicted octanol–water partition coefficient (Wildman–Crippen LogP) is 2.88. The molecule has 0 unspecified atom stereocenters. The first kappa shape index (κ1) is 13.4. The molecule has 2 saturated carbocycles. The van der Waals surface area contributed by atoms with E-state index in [1.807, 2.05) is 0 Å². The molecule has 3 rings (SSSR count). The van der Waals surface area contributed by atoms with Crippen LogP contribution in [0.5, 0.6) is 0 Å². The Labute approximate surface area is 116 Å². The van der Waals surface area contributed by atoms with Gasteiger partial charge in [-0.1, -0.05) is 20.3 Å². The molecule has 0 radical (unpaired) electrons. The first-order valence-electron chi connectivity index (χ1n) is 7.83. The van der Waals surface area contributed by atoms with Gasteiger partial charge in [-0.2, -0.15) is 0 Å². The highest BCUT2D eigenvalue weighted by atomic mass is 16.5. The minimum Gasteiger partial charge on any atom is -0.469 e. The summed E-state index contributed by atoms with van der Waals surface area (Å²) in [6.07, 6.45) is 4.91. The van der Waals surface area contributed by atoms with Crippen LogP contribution in [-0.4, -0.2) is 25.8 Å². The van der Waals surface area contributed by atoms with Gasteiger partial charge in [-0.05, 0) is 48.9 Å². The number of methoxy groups -OCH3 is 1. The van der Waals surface area contributed by atoms with Gasteiger partial charge >= 0.3 is 5.97 Å². The van der Waals surface area contributed by atoms with Gasteiger partial charge in [0.15, 0.2) is 0 Å². The Hall–Kier alpha value is -0.570. The van der Waals surface area contributed by atoms with Gasteiger partial charge in [0.05, 0.1) is 19.1 Å². The summed E-state index contributed by atoms with van der Waals surface area (Å²) in [6.45, 7) is 5.52. The predicted molar refractivity (Wildman–Crippen MR) is 72.5 cm³/mol. The summed E-state index contributed by atoms with van der Waals surface area (Å²) < 4.78 is 11.1. The van der Waals surface area contributed by atoms with E-state index < -0.39 is 0 Å².